The van der Waals surface area contributed by atoms with Gasteiger partial charge in [0.2, 0.25) is 5.91 Å². The van der Waals surface area contributed by atoms with Gasteiger partial charge in [0.15, 0.2) is 0 Å². The quantitative estimate of drug-likeness (QED) is 0.874. The molecule has 2 aromatic carbocycles. The van der Waals surface area contributed by atoms with E-state index in [0.29, 0.717) is 11.5 Å². The van der Waals surface area contributed by atoms with Crippen molar-refractivity contribution in [2.45, 2.75) is 25.2 Å². The molecule has 19 heavy (non-hydrogen) atoms. The van der Waals surface area contributed by atoms with Gasteiger partial charge in [-0.1, -0.05) is 42.5 Å². The summed E-state index contributed by atoms with van der Waals surface area (Å²) in [5.74, 6) is -0.0349. The van der Waals surface area contributed by atoms with Crippen molar-refractivity contribution in [2.24, 2.45) is 5.73 Å². The number of hydrogen-bond donors (Lipinski definition) is 1. The molecule has 2 heteroatoms. The molecule has 2 nitrogen and oxygen atoms in total. The zero-order valence-electron chi connectivity index (χ0n) is 10.8. The van der Waals surface area contributed by atoms with Gasteiger partial charge in [-0.3, -0.25) is 4.79 Å². The molecule has 0 aromatic heterocycles. The van der Waals surface area contributed by atoms with E-state index in [1.807, 2.05) is 24.3 Å². The van der Waals surface area contributed by atoms with Crippen LogP contribution >= 0.6 is 0 Å². The third-order valence-corrected chi connectivity index (χ3v) is 3.97. The lowest BCUT2D eigenvalue weighted by atomic mass is 9.77. The molecule has 2 aromatic rings. The Bertz CT molecular complexity index is 618. The number of primary amides is 1. The standard InChI is InChI=1S/C17H17NO/c18-17(19)16-10-4-3-9-15(16)14-11-5-7-12-6-1-2-8-13(12)14/h1-4,6,8-10,14H,5,7,11H2,(H2,18,19)/t14-/m0/s1. The highest BCUT2D eigenvalue weighted by Gasteiger charge is 2.24. The number of nitrogens with two attached hydrogens (primary N) is 1. The first-order valence-corrected chi connectivity index (χ1v) is 6.74. The minimum absolute atomic E-state index is 0.300. The second kappa shape index (κ2) is 4.88. The maximum atomic E-state index is 11.6. The SMILES string of the molecule is NC(=O)c1ccccc1[C@H]1CCCc2ccccc21. The molecule has 1 atom stereocenters. The maximum absolute atomic E-state index is 11.6. The van der Waals surface area contributed by atoms with E-state index in [0.717, 1.165) is 24.8 Å². The van der Waals surface area contributed by atoms with Crippen molar-refractivity contribution in [2.75, 3.05) is 0 Å². The van der Waals surface area contributed by atoms with E-state index in [-0.39, 0.29) is 5.91 Å². The van der Waals surface area contributed by atoms with Crippen LogP contribution in [-0.4, -0.2) is 5.91 Å². The highest BCUT2D eigenvalue weighted by Crippen LogP contribution is 2.37. The van der Waals surface area contributed by atoms with Gasteiger partial charge >= 0.3 is 0 Å². The van der Waals surface area contributed by atoms with Crippen molar-refractivity contribution in [1.82, 2.24) is 0 Å². The zero-order valence-corrected chi connectivity index (χ0v) is 10.8. The number of carbonyl (C=O) groups is 1. The highest BCUT2D eigenvalue weighted by atomic mass is 16.1. The number of fused-ring (bicyclic) bond motifs is 1. The molecule has 0 fully saturated rings. The van der Waals surface area contributed by atoms with Gasteiger partial charge in [0.1, 0.15) is 0 Å². The predicted molar refractivity (Wildman–Crippen MR) is 76.2 cm³/mol. The molecule has 3 rings (SSSR count). The van der Waals surface area contributed by atoms with Crippen molar-refractivity contribution < 1.29 is 4.79 Å². The molecular formula is C17H17NO. The first kappa shape index (κ1) is 12.0. The summed E-state index contributed by atoms with van der Waals surface area (Å²) in [7, 11) is 0. The number of benzene rings is 2. The fourth-order valence-electron chi connectivity index (χ4n) is 3.10. The normalized spacial score (nSPS) is 17.8. The molecule has 1 amide bonds. The lowest BCUT2D eigenvalue weighted by Gasteiger charge is -2.27. The Morgan fingerprint density at radius 2 is 1.68 bits per heavy atom. The first-order chi connectivity index (χ1) is 9.27. The molecule has 0 unspecified atom stereocenters. The van der Waals surface area contributed by atoms with Crippen LogP contribution in [0.15, 0.2) is 48.5 Å². The molecule has 0 bridgehead atoms. The van der Waals surface area contributed by atoms with Gasteiger partial charge in [-0.2, -0.15) is 0 Å². The van der Waals surface area contributed by atoms with E-state index in [4.69, 9.17) is 5.73 Å². The molecule has 0 heterocycles. The van der Waals surface area contributed by atoms with Gasteiger partial charge in [0, 0.05) is 11.5 Å². The van der Waals surface area contributed by atoms with Crippen LogP contribution in [0.25, 0.3) is 0 Å². The zero-order chi connectivity index (χ0) is 13.2. The summed E-state index contributed by atoms with van der Waals surface area (Å²) in [6.07, 6.45) is 3.38. The molecule has 0 spiro atoms. The summed E-state index contributed by atoms with van der Waals surface area (Å²) in [5, 5.41) is 0. The van der Waals surface area contributed by atoms with Crippen LogP contribution in [0.4, 0.5) is 0 Å². The smallest absolute Gasteiger partial charge is 0.248 e. The largest absolute Gasteiger partial charge is 0.366 e. The van der Waals surface area contributed by atoms with E-state index in [1.165, 1.54) is 11.1 Å². The second-order valence-corrected chi connectivity index (χ2v) is 5.10. The third kappa shape index (κ3) is 2.14. The van der Waals surface area contributed by atoms with Gasteiger partial charge in [-0.25, -0.2) is 0 Å². The molecule has 2 N–H and O–H groups in total. The Hall–Kier alpha value is -2.09. The van der Waals surface area contributed by atoms with E-state index < -0.39 is 0 Å². The lowest BCUT2D eigenvalue weighted by Crippen LogP contribution is -2.18. The predicted octanol–water partition coefficient (Wildman–Crippen LogP) is 3.25. The van der Waals surface area contributed by atoms with Crippen molar-refractivity contribution in [3.63, 3.8) is 0 Å². The molecule has 1 aliphatic carbocycles. The number of rotatable bonds is 2. The van der Waals surface area contributed by atoms with Crippen molar-refractivity contribution in [3.8, 4) is 0 Å². The molecular weight excluding hydrogens is 234 g/mol. The summed E-state index contributed by atoms with van der Waals surface area (Å²) in [6.45, 7) is 0. The number of aryl methyl sites for hydroxylation is 1. The van der Waals surface area contributed by atoms with E-state index >= 15 is 0 Å². The minimum atomic E-state index is -0.335. The topological polar surface area (TPSA) is 43.1 Å². The fourth-order valence-corrected chi connectivity index (χ4v) is 3.10. The molecule has 96 valence electrons. The Morgan fingerprint density at radius 3 is 2.47 bits per heavy atom. The van der Waals surface area contributed by atoms with Gasteiger partial charge in [0.05, 0.1) is 0 Å². The van der Waals surface area contributed by atoms with Crippen molar-refractivity contribution in [1.29, 1.82) is 0 Å². The summed E-state index contributed by atoms with van der Waals surface area (Å²) in [4.78, 5) is 11.6. The number of hydrogen-bond acceptors (Lipinski definition) is 1. The molecule has 0 saturated heterocycles. The van der Waals surface area contributed by atoms with Crippen molar-refractivity contribution in [3.05, 3.63) is 70.8 Å². The number of carbonyl (C=O) groups excluding carboxylic acids is 1. The minimum Gasteiger partial charge on any atom is -0.366 e. The van der Waals surface area contributed by atoms with E-state index in [9.17, 15) is 4.79 Å². The Morgan fingerprint density at radius 1 is 1.00 bits per heavy atom. The summed E-state index contributed by atoms with van der Waals surface area (Å²) >= 11 is 0. The first-order valence-electron chi connectivity index (χ1n) is 6.74. The van der Waals surface area contributed by atoms with E-state index in [2.05, 4.69) is 24.3 Å². The average Bonchev–Trinajstić information content (AvgIpc) is 2.46. The monoisotopic (exact) mass is 251 g/mol. The van der Waals surface area contributed by atoms with Crippen LogP contribution in [0.3, 0.4) is 0 Å². The Labute approximate surface area is 113 Å². The molecule has 1 aliphatic rings. The van der Waals surface area contributed by atoms with Crippen LogP contribution < -0.4 is 5.73 Å². The fraction of sp³-hybridized carbons (Fsp3) is 0.235. The Kier molecular flexibility index (Phi) is 3.08. The van der Waals surface area contributed by atoms with Crippen LogP contribution in [0, 0.1) is 0 Å². The van der Waals surface area contributed by atoms with E-state index in [1.54, 1.807) is 0 Å². The van der Waals surface area contributed by atoms with Crippen LogP contribution in [0.1, 0.15) is 45.8 Å². The van der Waals surface area contributed by atoms with Crippen LogP contribution in [0.5, 0.6) is 0 Å². The third-order valence-electron chi connectivity index (χ3n) is 3.97. The van der Waals surface area contributed by atoms with Crippen LogP contribution in [-0.2, 0) is 6.42 Å². The highest BCUT2D eigenvalue weighted by molar-refractivity contribution is 5.94. The van der Waals surface area contributed by atoms with Crippen molar-refractivity contribution >= 4 is 5.91 Å². The van der Waals surface area contributed by atoms with Gasteiger partial charge < -0.3 is 5.73 Å². The summed E-state index contributed by atoms with van der Waals surface area (Å²) in [5.41, 5.74) is 9.98. The lowest BCUT2D eigenvalue weighted by molar-refractivity contribution is 0.0999. The van der Waals surface area contributed by atoms with Gasteiger partial charge in [0.25, 0.3) is 0 Å². The summed E-state index contributed by atoms with van der Waals surface area (Å²) < 4.78 is 0. The van der Waals surface area contributed by atoms with Gasteiger partial charge in [-0.15, -0.1) is 0 Å². The summed E-state index contributed by atoms with van der Waals surface area (Å²) in [6, 6.07) is 16.2. The maximum Gasteiger partial charge on any atom is 0.248 e. The molecule has 0 radical (unpaired) electrons. The van der Waals surface area contributed by atoms with Gasteiger partial charge in [-0.05, 0) is 42.0 Å². The molecule has 0 aliphatic heterocycles. The number of amides is 1. The van der Waals surface area contributed by atoms with Crippen LogP contribution in [0.2, 0.25) is 0 Å². The average molecular weight is 251 g/mol. The molecule has 0 saturated carbocycles. The second-order valence-electron chi connectivity index (χ2n) is 5.10. The Balaban J connectivity index is 2.12.